The minimum atomic E-state index is -4.14. The van der Waals surface area contributed by atoms with Crippen LogP contribution in [0.5, 0.6) is 0 Å². The van der Waals surface area contributed by atoms with Crippen LogP contribution in [0, 0.1) is 20.8 Å². The highest BCUT2D eigenvalue weighted by atomic mass is 35.5. The number of benzene rings is 3. The van der Waals surface area contributed by atoms with Crippen LogP contribution >= 0.6 is 23.2 Å². The van der Waals surface area contributed by atoms with Gasteiger partial charge in [-0.3, -0.25) is 13.9 Å². The average Bonchev–Trinajstić information content (AvgIpc) is 2.90. The van der Waals surface area contributed by atoms with Gasteiger partial charge in [0.2, 0.25) is 11.8 Å². The van der Waals surface area contributed by atoms with Gasteiger partial charge in [-0.1, -0.05) is 71.6 Å². The van der Waals surface area contributed by atoms with E-state index in [-0.39, 0.29) is 17.3 Å². The van der Waals surface area contributed by atoms with E-state index in [1.165, 1.54) is 17.0 Å². The number of hydrogen-bond acceptors (Lipinski definition) is 4. The number of halogens is 2. The third kappa shape index (κ3) is 7.36. The van der Waals surface area contributed by atoms with Crippen LogP contribution in [0.25, 0.3) is 0 Å². The SMILES string of the molecule is CCNC(=O)[C@H](CC)N(Cc1ccc(Cl)c(Cl)c1)C(=O)CN(c1ccc(C)cc1C)S(=O)(=O)c1ccc(C)cc1. The van der Waals surface area contributed by atoms with Gasteiger partial charge in [-0.05, 0) is 75.6 Å². The van der Waals surface area contributed by atoms with E-state index in [1.807, 2.05) is 32.9 Å². The molecule has 1 atom stereocenters. The lowest BCUT2D eigenvalue weighted by Gasteiger charge is -2.33. The fourth-order valence-corrected chi connectivity index (χ4v) is 6.28. The van der Waals surface area contributed by atoms with Gasteiger partial charge in [0.05, 0.1) is 20.6 Å². The van der Waals surface area contributed by atoms with Gasteiger partial charge in [0.25, 0.3) is 10.0 Å². The molecule has 0 spiro atoms. The Kier molecular flexibility index (Phi) is 10.6. The van der Waals surface area contributed by atoms with E-state index in [2.05, 4.69) is 5.32 Å². The summed E-state index contributed by atoms with van der Waals surface area (Å²) in [6.07, 6.45) is 0.327. The summed E-state index contributed by atoms with van der Waals surface area (Å²) < 4.78 is 29.1. The summed E-state index contributed by atoms with van der Waals surface area (Å²) in [6, 6.07) is 16.0. The van der Waals surface area contributed by atoms with E-state index >= 15 is 0 Å². The molecular formula is C30H35Cl2N3O4S. The van der Waals surface area contributed by atoms with Gasteiger partial charge in [-0.15, -0.1) is 0 Å². The Morgan fingerprint density at radius 3 is 2.10 bits per heavy atom. The van der Waals surface area contributed by atoms with Crippen molar-refractivity contribution in [1.82, 2.24) is 10.2 Å². The first-order valence-electron chi connectivity index (χ1n) is 13.1. The molecule has 214 valence electrons. The van der Waals surface area contributed by atoms with Crippen LogP contribution in [0.2, 0.25) is 10.0 Å². The topological polar surface area (TPSA) is 86.8 Å². The van der Waals surface area contributed by atoms with E-state index in [4.69, 9.17) is 23.2 Å². The standard InChI is InChI=1S/C30H35Cl2N3O4S/c1-6-27(30(37)33-7-2)34(18-23-11-14-25(31)26(32)17-23)29(36)19-35(28-15-10-21(4)16-22(28)5)40(38,39)24-12-8-20(3)9-13-24/h8-17,27H,6-7,18-19H2,1-5H3,(H,33,37)/t27-/m0/s1. The number of sulfonamides is 1. The Bertz CT molecular complexity index is 1480. The van der Waals surface area contributed by atoms with E-state index < -0.39 is 28.5 Å². The fourth-order valence-electron chi connectivity index (χ4n) is 4.48. The normalized spacial score (nSPS) is 12.1. The molecule has 3 rings (SSSR count). The van der Waals surface area contributed by atoms with Crippen molar-refractivity contribution in [3.63, 3.8) is 0 Å². The van der Waals surface area contributed by atoms with Crippen LogP contribution < -0.4 is 9.62 Å². The molecule has 7 nitrogen and oxygen atoms in total. The van der Waals surface area contributed by atoms with Crippen molar-refractivity contribution >= 4 is 50.7 Å². The molecule has 0 aromatic heterocycles. The zero-order chi connectivity index (χ0) is 29.6. The molecule has 0 unspecified atom stereocenters. The molecule has 0 aliphatic rings. The third-order valence-corrected chi connectivity index (χ3v) is 9.10. The number of hydrogen-bond donors (Lipinski definition) is 1. The number of nitrogens with zero attached hydrogens (tertiary/aromatic N) is 2. The molecule has 40 heavy (non-hydrogen) atoms. The predicted octanol–water partition coefficient (Wildman–Crippen LogP) is 6.06. The van der Waals surface area contributed by atoms with Crippen LogP contribution in [0.4, 0.5) is 5.69 Å². The Morgan fingerprint density at radius 2 is 1.52 bits per heavy atom. The number of nitrogens with one attached hydrogen (secondary N) is 1. The maximum absolute atomic E-state index is 14.1. The summed E-state index contributed by atoms with van der Waals surface area (Å²) in [6.45, 7) is 9.12. The first-order chi connectivity index (χ1) is 18.9. The molecule has 1 N–H and O–H groups in total. The summed E-state index contributed by atoms with van der Waals surface area (Å²) in [5, 5.41) is 3.47. The van der Waals surface area contributed by atoms with Crippen molar-refractivity contribution in [1.29, 1.82) is 0 Å². The summed E-state index contributed by atoms with van der Waals surface area (Å²) in [4.78, 5) is 28.6. The minimum Gasteiger partial charge on any atom is -0.355 e. The van der Waals surface area contributed by atoms with Crippen molar-refractivity contribution in [3.05, 3.63) is 93.0 Å². The maximum Gasteiger partial charge on any atom is 0.264 e. The van der Waals surface area contributed by atoms with E-state index in [0.717, 1.165) is 15.4 Å². The molecule has 0 fully saturated rings. The van der Waals surface area contributed by atoms with Gasteiger partial charge in [0, 0.05) is 13.1 Å². The summed E-state index contributed by atoms with van der Waals surface area (Å²) in [5.74, 6) is -0.849. The average molecular weight is 605 g/mol. The molecule has 0 saturated heterocycles. The second kappa shape index (κ2) is 13.5. The van der Waals surface area contributed by atoms with Crippen LogP contribution in [-0.2, 0) is 26.2 Å². The third-order valence-electron chi connectivity index (χ3n) is 6.58. The van der Waals surface area contributed by atoms with E-state index in [0.29, 0.717) is 39.8 Å². The Morgan fingerprint density at radius 1 is 0.875 bits per heavy atom. The highest BCUT2D eigenvalue weighted by molar-refractivity contribution is 7.92. The largest absolute Gasteiger partial charge is 0.355 e. The van der Waals surface area contributed by atoms with Gasteiger partial charge in [0.1, 0.15) is 12.6 Å². The highest BCUT2D eigenvalue weighted by Crippen LogP contribution is 2.29. The lowest BCUT2D eigenvalue weighted by Crippen LogP contribution is -2.52. The van der Waals surface area contributed by atoms with Crippen molar-refractivity contribution < 1.29 is 18.0 Å². The van der Waals surface area contributed by atoms with Crippen LogP contribution in [-0.4, -0.2) is 44.3 Å². The Hall–Kier alpha value is -3.07. The van der Waals surface area contributed by atoms with Gasteiger partial charge in [-0.25, -0.2) is 8.42 Å². The molecule has 3 aromatic carbocycles. The van der Waals surface area contributed by atoms with Gasteiger partial charge in [0.15, 0.2) is 0 Å². The molecule has 0 radical (unpaired) electrons. The number of carbonyl (C=O) groups excluding carboxylic acids is 2. The first kappa shape index (κ1) is 31.5. The number of likely N-dealkylation sites (N-methyl/N-ethyl adjacent to an activating group) is 1. The van der Waals surface area contributed by atoms with Crippen molar-refractivity contribution in [3.8, 4) is 0 Å². The monoisotopic (exact) mass is 603 g/mol. The second-order valence-electron chi connectivity index (χ2n) is 9.70. The molecule has 3 aromatic rings. The Balaban J connectivity index is 2.10. The molecule has 0 heterocycles. The zero-order valence-corrected chi connectivity index (χ0v) is 25.7. The highest BCUT2D eigenvalue weighted by Gasteiger charge is 2.34. The van der Waals surface area contributed by atoms with Crippen molar-refractivity contribution in [2.24, 2.45) is 0 Å². The van der Waals surface area contributed by atoms with Crippen LogP contribution in [0.1, 0.15) is 42.5 Å². The maximum atomic E-state index is 14.1. The Labute approximate surface area is 247 Å². The van der Waals surface area contributed by atoms with Gasteiger partial charge in [-0.2, -0.15) is 0 Å². The summed E-state index contributed by atoms with van der Waals surface area (Å²) in [5.41, 5.74) is 3.62. The molecule has 2 amide bonds. The second-order valence-corrected chi connectivity index (χ2v) is 12.4. The molecule has 10 heteroatoms. The number of rotatable bonds is 11. The minimum absolute atomic E-state index is 0.0384. The molecular weight excluding hydrogens is 569 g/mol. The van der Waals surface area contributed by atoms with Crippen molar-refractivity contribution in [2.75, 3.05) is 17.4 Å². The number of carbonyl (C=O) groups is 2. The number of aryl methyl sites for hydroxylation is 3. The van der Waals surface area contributed by atoms with Crippen LogP contribution in [0.15, 0.2) is 65.6 Å². The summed E-state index contributed by atoms with van der Waals surface area (Å²) in [7, 11) is -4.14. The molecule has 0 aliphatic heterocycles. The van der Waals surface area contributed by atoms with E-state index in [1.54, 1.807) is 50.2 Å². The molecule has 0 bridgehead atoms. The smallest absolute Gasteiger partial charge is 0.264 e. The van der Waals surface area contributed by atoms with Gasteiger partial charge < -0.3 is 10.2 Å². The quantitative estimate of drug-likeness (QED) is 0.289. The molecule has 0 aliphatic carbocycles. The number of amides is 2. The molecule has 0 saturated carbocycles. The first-order valence-corrected chi connectivity index (χ1v) is 15.3. The lowest BCUT2D eigenvalue weighted by molar-refractivity contribution is -0.140. The predicted molar refractivity (Wildman–Crippen MR) is 161 cm³/mol. The zero-order valence-electron chi connectivity index (χ0n) is 23.4. The number of anilines is 1. The van der Waals surface area contributed by atoms with Gasteiger partial charge >= 0.3 is 0 Å². The lowest BCUT2D eigenvalue weighted by atomic mass is 10.1. The van der Waals surface area contributed by atoms with Crippen LogP contribution in [0.3, 0.4) is 0 Å². The summed E-state index contributed by atoms with van der Waals surface area (Å²) >= 11 is 12.3. The van der Waals surface area contributed by atoms with Crippen molar-refractivity contribution in [2.45, 2.75) is 58.5 Å². The fraction of sp³-hybridized carbons (Fsp3) is 0.333. The van der Waals surface area contributed by atoms with E-state index in [9.17, 15) is 18.0 Å².